The Bertz CT molecular complexity index is 722. The summed E-state index contributed by atoms with van der Waals surface area (Å²) in [5.74, 6) is 0.332. The van der Waals surface area contributed by atoms with Crippen LogP contribution in [-0.2, 0) is 11.3 Å². The van der Waals surface area contributed by atoms with E-state index >= 15 is 0 Å². The number of anilines is 1. The normalized spacial score (nSPS) is 15.4. The molecule has 0 spiro atoms. The maximum Gasteiger partial charge on any atom is 0.328 e. The zero-order valence-corrected chi connectivity index (χ0v) is 11.9. The van der Waals surface area contributed by atoms with Crippen molar-refractivity contribution in [3.63, 3.8) is 0 Å². The maximum absolute atomic E-state index is 12.0. The van der Waals surface area contributed by atoms with Gasteiger partial charge >= 0.3 is 6.03 Å². The number of carbonyl (C=O) groups excluding carboxylic acids is 2. The first kappa shape index (κ1) is 13.4. The molecule has 3 rings (SSSR count). The number of methoxy groups -OCH3 is 1. The van der Waals surface area contributed by atoms with Gasteiger partial charge in [0.1, 0.15) is 11.3 Å². The fourth-order valence-corrected chi connectivity index (χ4v) is 2.56. The highest BCUT2D eigenvalue weighted by molar-refractivity contribution is 6.07. The van der Waals surface area contributed by atoms with Gasteiger partial charge in [-0.15, -0.1) is 0 Å². The van der Waals surface area contributed by atoms with Crippen molar-refractivity contribution in [3.8, 4) is 5.75 Å². The fourth-order valence-electron chi connectivity index (χ4n) is 2.56. The molecule has 0 atom stereocenters. The standard InChI is InChI=1S/C14H16N4O3/c1-3-17-6-4-9-12(21-2)10(8-15-13(9)17)18-7-5-11(19)16-14(18)20/h4,6,8H,3,5,7H2,1-2H3,(H,16,19,20). The molecular formula is C14H16N4O3. The minimum atomic E-state index is -0.444. The smallest absolute Gasteiger partial charge is 0.328 e. The Kier molecular flexibility index (Phi) is 3.25. The van der Waals surface area contributed by atoms with Gasteiger partial charge in [-0.1, -0.05) is 0 Å². The van der Waals surface area contributed by atoms with Crippen LogP contribution in [-0.4, -0.2) is 35.1 Å². The van der Waals surface area contributed by atoms with Gasteiger partial charge in [0.25, 0.3) is 0 Å². The number of urea groups is 1. The van der Waals surface area contributed by atoms with Gasteiger partial charge in [0.15, 0.2) is 5.75 Å². The van der Waals surface area contributed by atoms with Crippen molar-refractivity contribution in [1.29, 1.82) is 0 Å². The molecule has 7 nitrogen and oxygen atoms in total. The predicted octanol–water partition coefficient (Wildman–Crippen LogP) is 1.51. The molecule has 0 radical (unpaired) electrons. The zero-order valence-electron chi connectivity index (χ0n) is 11.9. The van der Waals surface area contributed by atoms with Crippen LogP contribution in [0.1, 0.15) is 13.3 Å². The number of rotatable bonds is 3. The fraction of sp³-hybridized carbons (Fsp3) is 0.357. The van der Waals surface area contributed by atoms with Gasteiger partial charge in [-0.05, 0) is 13.0 Å². The number of nitrogens with one attached hydrogen (secondary N) is 1. The third-order valence-electron chi connectivity index (χ3n) is 3.61. The molecule has 1 fully saturated rings. The number of aromatic nitrogens is 2. The Labute approximate surface area is 121 Å². The van der Waals surface area contributed by atoms with Gasteiger partial charge < -0.3 is 9.30 Å². The Hall–Kier alpha value is -2.57. The number of hydrogen-bond donors (Lipinski definition) is 1. The summed E-state index contributed by atoms with van der Waals surface area (Å²) in [7, 11) is 1.56. The zero-order chi connectivity index (χ0) is 15.0. The number of amides is 3. The third kappa shape index (κ3) is 2.10. The van der Waals surface area contributed by atoms with Gasteiger partial charge in [0.05, 0.1) is 18.7 Å². The van der Waals surface area contributed by atoms with E-state index in [1.165, 1.54) is 4.90 Å². The second-order valence-electron chi connectivity index (χ2n) is 4.77. The highest BCUT2D eigenvalue weighted by atomic mass is 16.5. The lowest BCUT2D eigenvalue weighted by Gasteiger charge is -2.27. The van der Waals surface area contributed by atoms with E-state index in [1.807, 2.05) is 23.8 Å². The second-order valence-corrected chi connectivity index (χ2v) is 4.77. The van der Waals surface area contributed by atoms with Crippen LogP contribution in [0.4, 0.5) is 10.5 Å². The molecule has 0 aliphatic carbocycles. The lowest BCUT2D eigenvalue weighted by molar-refractivity contribution is -0.120. The molecule has 110 valence electrons. The molecule has 1 saturated heterocycles. The molecule has 3 amide bonds. The minimum Gasteiger partial charge on any atom is -0.494 e. The van der Waals surface area contributed by atoms with E-state index in [2.05, 4.69) is 10.3 Å². The van der Waals surface area contributed by atoms with Crippen molar-refractivity contribution < 1.29 is 14.3 Å². The van der Waals surface area contributed by atoms with E-state index in [-0.39, 0.29) is 12.3 Å². The SMILES string of the molecule is CCn1ccc2c(OC)c(N3CCC(=O)NC3=O)cnc21. The second kappa shape index (κ2) is 5.08. The summed E-state index contributed by atoms with van der Waals surface area (Å²) in [6, 6.07) is 1.47. The van der Waals surface area contributed by atoms with Crippen molar-refractivity contribution in [1.82, 2.24) is 14.9 Å². The summed E-state index contributed by atoms with van der Waals surface area (Å²) < 4.78 is 7.49. The average Bonchev–Trinajstić information content (AvgIpc) is 2.89. The molecule has 0 unspecified atom stereocenters. The first-order chi connectivity index (χ1) is 10.2. The predicted molar refractivity (Wildman–Crippen MR) is 77.5 cm³/mol. The van der Waals surface area contributed by atoms with E-state index in [1.54, 1.807) is 13.3 Å². The van der Waals surface area contributed by atoms with E-state index in [4.69, 9.17) is 4.74 Å². The van der Waals surface area contributed by atoms with Gasteiger partial charge in [0, 0.05) is 25.7 Å². The topological polar surface area (TPSA) is 76.5 Å². The minimum absolute atomic E-state index is 0.263. The van der Waals surface area contributed by atoms with Crippen molar-refractivity contribution in [3.05, 3.63) is 18.5 Å². The monoisotopic (exact) mass is 288 g/mol. The number of aryl methyl sites for hydroxylation is 1. The lowest BCUT2D eigenvalue weighted by Crippen LogP contribution is -2.49. The highest BCUT2D eigenvalue weighted by Gasteiger charge is 2.28. The Morgan fingerprint density at radius 1 is 1.43 bits per heavy atom. The molecule has 0 saturated carbocycles. The molecule has 0 bridgehead atoms. The number of imide groups is 1. The van der Waals surface area contributed by atoms with Crippen molar-refractivity contribution in [2.75, 3.05) is 18.6 Å². The third-order valence-corrected chi connectivity index (χ3v) is 3.61. The molecule has 3 heterocycles. The van der Waals surface area contributed by atoms with Crippen molar-refractivity contribution in [2.45, 2.75) is 19.9 Å². The van der Waals surface area contributed by atoms with Crippen LogP contribution in [0, 0.1) is 0 Å². The van der Waals surface area contributed by atoms with E-state index in [0.29, 0.717) is 18.0 Å². The van der Waals surface area contributed by atoms with Crippen molar-refractivity contribution >= 4 is 28.7 Å². The van der Waals surface area contributed by atoms with E-state index in [9.17, 15) is 9.59 Å². The van der Waals surface area contributed by atoms with Crippen LogP contribution < -0.4 is 15.0 Å². The van der Waals surface area contributed by atoms with Crippen LogP contribution in [0.3, 0.4) is 0 Å². The molecule has 1 aliphatic heterocycles. The summed E-state index contributed by atoms with van der Waals surface area (Å²) in [6.45, 7) is 3.16. The van der Waals surface area contributed by atoms with E-state index in [0.717, 1.165) is 17.6 Å². The number of ether oxygens (including phenoxy) is 1. The van der Waals surface area contributed by atoms with E-state index < -0.39 is 6.03 Å². The molecule has 7 heteroatoms. The first-order valence-corrected chi connectivity index (χ1v) is 6.79. The molecule has 1 aliphatic rings. The van der Waals surface area contributed by atoms with Crippen LogP contribution in [0.25, 0.3) is 11.0 Å². The van der Waals surface area contributed by atoms with Crippen molar-refractivity contribution in [2.24, 2.45) is 0 Å². The molecule has 1 N–H and O–H groups in total. The number of fused-ring (bicyclic) bond motifs is 1. The highest BCUT2D eigenvalue weighted by Crippen LogP contribution is 2.35. The molecule has 0 aromatic carbocycles. The summed E-state index contributed by atoms with van der Waals surface area (Å²) in [5.41, 5.74) is 1.38. The quantitative estimate of drug-likeness (QED) is 0.928. The molecule has 21 heavy (non-hydrogen) atoms. The largest absolute Gasteiger partial charge is 0.494 e. The molecule has 2 aromatic heterocycles. The Morgan fingerprint density at radius 3 is 2.90 bits per heavy atom. The van der Waals surface area contributed by atoms with Crippen LogP contribution >= 0.6 is 0 Å². The summed E-state index contributed by atoms with van der Waals surface area (Å²) in [5, 5.41) is 3.15. The van der Waals surface area contributed by atoms with Crippen LogP contribution in [0.15, 0.2) is 18.5 Å². The number of nitrogens with zero attached hydrogens (tertiary/aromatic N) is 3. The molecular weight excluding hydrogens is 272 g/mol. The van der Waals surface area contributed by atoms with Gasteiger partial charge in [-0.3, -0.25) is 15.0 Å². The van der Waals surface area contributed by atoms with Gasteiger partial charge in [0.2, 0.25) is 5.91 Å². The van der Waals surface area contributed by atoms with Gasteiger partial charge in [-0.2, -0.15) is 0 Å². The summed E-state index contributed by atoms with van der Waals surface area (Å²) in [4.78, 5) is 29.1. The number of pyridine rings is 1. The van der Waals surface area contributed by atoms with Gasteiger partial charge in [-0.25, -0.2) is 9.78 Å². The van der Waals surface area contributed by atoms with Crippen LogP contribution in [0.5, 0.6) is 5.75 Å². The summed E-state index contributed by atoms with van der Waals surface area (Å²) in [6.07, 6.45) is 3.81. The Morgan fingerprint density at radius 2 is 2.24 bits per heavy atom. The maximum atomic E-state index is 12.0. The average molecular weight is 288 g/mol. The Balaban J connectivity index is 2.10. The number of carbonyl (C=O) groups is 2. The summed E-state index contributed by atoms with van der Waals surface area (Å²) >= 11 is 0. The molecule has 2 aromatic rings. The number of hydrogen-bond acceptors (Lipinski definition) is 4. The lowest BCUT2D eigenvalue weighted by atomic mass is 10.2. The first-order valence-electron chi connectivity index (χ1n) is 6.79. The van der Waals surface area contributed by atoms with Crippen LogP contribution in [0.2, 0.25) is 0 Å².